The maximum Gasteiger partial charge on any atom is 0.0231 e. The minimum absolute atomic E-state index is 0.422. The van der Waals surface area contributed by atoms with E-state index in [1.54, 1.807) is 18.9 Å². The third-order valence-corrected chi connectivity index (χ3v) is 5.01. The van der Waals surface area contributed by atoms with Crippen molar-refractivity contribution in [3.63, 3.8) is 0 Å². The van der Waals surface area contributed by atoms with Crippen LogP contribution in [0.2, 0.25) is 11.6 Å². The van der Waals surface area contributed by atoms with Gasteiger partial charge in [0.05, 0.1) is 0 Å². The first-order valence-corrected chi connectivity index (χ1v) is 5.75. The lowest BCUT2D eigenvalue weighted by molar-refractivity contribution is 0.616. The molecule has 1 aliphatic heterocycles. The van der Waals surface area contributed by atoms with Gasteiger partial charge in [0.25, 0.3) is 0 Å². The maximum absolute atomic E-state index is 2.35. The Bertz CT molecular complexity index is 55.4. The van der Waals surface area contributed by atoms with Crippen molar-refractivity contribution < 1.29 is 0 Å². The Labute approximate surface area is 54.5 Å². The van der Waals surface area contributed by atoms with Crippen molar-refractivity contribution >= 4 is 9.52 Å². The average molecular weight is 128 g/mol. The SMILES string of the molecule is CCC1CCCC[SiH2]1. The number of rotatable bonds is 1. The van der Waals surface area contributed by atoms with Crippen LogP contribution >= 0.6 is 0 Å². The van der Waals surface area contributed by atoms with Crippen LogP contribution < -0.4 is 0 Å². The lowest BCUT2D eigenvalue weighted by Crippen LogP contribution is -2.07. The van der Waals surface area contributed by atoms with E-state index in [4.69, 9.17) is 0 Å². The van der Waals surface area contributed by atoms with Crippen molar-refractivity contribution in [3.8, 4) is 0 Å². The van der Waals surface area contributed by atoms with Crippen LogP contribution in [0.3, 0.4) is 0 Å². The summed E-state index contributed by atoms with van der Waals surface area (Å²) < 4.78 is 0. The van der Waals surface area contributed by atoms with Gasteiger partial charge in [-0.05, 0) is 0 Å². The van der Waals surface area contributed by atoms with Crippen LogP contribution in [0.5, 0.6) is 0 Å². The molecule has 1 aliphatic rings. The minimum Gasteiger partial charge on any atom is -0.0654 e. The van der Waals surface area contributed by atoms with Gasteiger partial charge in [0.2, 0.25) is 0 Å². The van der Waals surface area contributed by atoms with Gasteiger partial charge in [0, 0.05) is 9.52 Å². The highest BCUT2D eigenvalue weighted by Crippen LogP contribution is 2.24. The van der Waals surface area contributed by atoms with Crippen LogP contribution in [-0.4, -0.2) is 9.52 Å². The second-order valence-electron chi connectivity index (χ2n) is 2.91. The zero-order valence-electron chi connectivity index (χ0n) is 5.82. The van der Waals surface area contributed by atoms with E-state index in [-0.39, 0.29) is 0 Å². The van der Waals surface area contributed by atoms with Gasteiger partial charge in [0.1, 0.15) is 0 Å². The topological polar surface area (TPSA) is 0 Å². The van der Waals surface area contributed by atoms with Crippen molar-refractivity contribution in [1.82, 2.24) is 0 Å². The summed E-state index contributed by atoms with van der Waals surface area (Å²) in [4.78, 5) is 0. The van der Waals surface area contributed by atoms with Crippen LogP contribution in [0.25, 0.3) is 0 Å². The molecule has 0 aromatic carbocycles. The van der Waals surface area contributed by atoms with Crippen LogP contribution in [0.4, 0.5) is 0 Å². The molecule has 1 heterocycles. The summed E-state index contributed by atoms with van der Waals surface area (Å²) in [5, 5.41) is 0. The second-order valence-corrected chi connectivity index (χ2v) is 5.35. The van der Waals surface area contributed by atoms with E-state index in [0.717, 1.165) is 0 Å². The largest absolute Gasteiger partial charge is 0.0654 e. The van der Waals surface area contributed by atoms with Gasteiger partial charge in [-0.3, -0.25) is 0 Å². The van der Waals surface area contributed by atoms with Crippen LogP contribution in [-0.2, 0) is 0 Å². The fourth-order valence-corrected chi connectivity index (χ4v) is 3.80. The molecular weight excluding hydrogens is 112 g/mol. The second kappa shape index (κ2) is 3.28. The highest BCUT2D eigenvalue weighted by molar-refractivity contribution is 6.37. The summed E-state index contributed by atoms with van der Waals surface area (Å²) in [5.41, 5.74) is 1.23. The number of hydrogen-bond acceptors (Lipinski definition) is 0. The molecule has 48 valence electrons. The third-order valence-electron chi connectivity index (χ3n) is 2.30. The first kappa shape index (κ1) is 6.34. The molecule has 0 radical (unpaired) electrons. The zero-order chi connectivity index (χ0) is 5.82. The van der Waals surface area contributed by atoms with Crippen molar-refractivity contribution in [1.29, 1.82) is 0 Å². The van der Waals surface area contributed by atoms with Gasteiger partial charge in [-0.1, -0.05) is 44.2 Å². The van der Waals surface area contributed by atoms with E-state index < -0.39 is 0 Å². The van der Waals surface area contributed by atoms with Gasteiger partial charge in [-0.25, -0.2) is 0 Å². The van der Waals surface area contributed by atoms with Gasteiger partial charge in [0.15, 0.2) is 0 Å². The summed E-state index contributed by atoms with van der Waals surface area (Å²) >= 11 is 0. The van der Waals surface area contributed by atoms with Crippen LogP contribution in [0, 0.1) is 0 Å². The molecule has 0 aliphatic carbocycles. The Hall–Kier alpha value is 0.217. The number of hydrogen-bond donors (Lipinski definition) is 0. The van der Waals surface area contributed by atoms with Crippen molar-refractivity contribution in [2.24, 2.45) is 0 Å². The van der Waals surface area contributed by atoms with Crippen molar-refractivity contribution in [3.05, 3.63) is 0 Å². The summed E-state index contributed by atoms with van der Waals surface area (Å²) in [5.74, 6) is 0. The summed E-state index contributed by atoms with van der Waals surface area (Å²) in [6, 6.07) is 1.64. The summed E-state index contributed by atoms with van der Waals surface area (Å²) in [7, 11) is 0.422. The molecule has 0 bridgehead atoms. The Kier molecular flexibility index (Phi) is 2.60. The molecule has 0 spiro atoms. The van der Waals surface area contributed by atoms with Gasteiger partial charge in [-0.2, -0.15) is 0 Å². The van der Waals surface area contributed by atoms with E-state index in [0.29, 0.717) is 9.52 Å². The minimum atomic E-state index is 0.422. The Morgan fingerprint density at radius 3 is 2.75 bits per heavy atom. The molecule has 0 aromatic rings. The molecule has 1 unspecified atom stereocenters. The summed E-state index contributed by atoms with van der Waals surface area (Å²) in [6.07, 6.45) is 6.14. The smallest absolute Gasteiger partial charge is 0.0231 e. The normalized spacial score (nSPS) is 33.4. The molecule has 8 heavy (non-hydrogen) atoms. The molecule has 0 nitrogen and oxygen atoms in total. The highest BCUT2D eigenvalue weighted by atomic mass is 28.2. The predicted octanol–water partition coefficient (Wildman–Crippen LogP) is 1.96. The Morgan fingerprint density at radius 2 is 2.38 bits per heavy atom. The summed E-state index contributed by atoms with van der Waals surface area (Å²) in [6.45, 7) is 2.35. The first-order chi connectivity index (χ1) is 3.93. The molecule has 1 rings (SSSR count). The van der Waals surface area contributed by atoms with E-state index in [1.807, 2.05) is 0 Å². The Balaban J connectivity index is 2.13. The molecule has 1 heteroatoms. The average Bonchev–Trinajstić information content (AvgIpc) is 1.90. The first-order valence-electron chi connectivity index (χ1n) is 3.93. The Morgan fingerprint density at radius 1 is 1.50 bits per heavy atom. The van der Waals surface area contributed by atoms with Crippen LogP contribution in [0.15, 0.2) is 0 Å². The van der Waals surface area contributed by atoms with Crippen molar-refractivity contribution in [2.75, 3.05) is 0 Å². The molecule has 1 saturated heterocycles. The van der Waals surface area contributed by atoms with E-state index in [1.165, 1.54) is 18.4 Å². The van der Waals surface area contributed by atoms with E-state index in [9.17, 15) is 0 Å². The molecule has 0 N–H and O–H groups in total. The maximum atomic E-state index is 2.35. The fourth-order valence-electron chi connectivity index (χ4n) is 1.60. The lowest BCUT2D eigenvalue weighted by atomic mass is 10.1. The predicted molar refractivity (Wildman–Crippen MR) is 41.2 cm³/mol. The zero-order valence-corrected chi connectivity index (χ0v) is 7.23. The van der Waals surface area contributed by atoms with Gasteiger partial charge >= 0.3 is 0 Å². The molecule has 1 fully saturated rings. The van der Waals surface area contributed by atoms with Gasteiger partial charge < -0.3 is 0 Å². The fraction of sp³-hybridized carbons (Fsp3) is 1.00. The van der Waals surface area contributed by atoms with E-state index >= 15 is 0 Å². The highest BCUT2D eigenvalue weighted by Gasteiger charge is 2.10. The molecule has 0 amide bonds. The van der Waals surface area contributed by atoms with E-state index in [2.05, 4.69) is 6.92 Å². The molecule has 0 saturated carbocycles. The van der Waals surface area contributed by atoms with Crippen molar-refractivity contribution in [2.45, 2.75) is 44.2 Å². The third kappa shape index (κ3) is 1.62. The standard InChI is InChI=1S/C7H16Si/c1-2-7-5-3-4-6-8-7/h7H,2-6,8H2,1H3. The quantitative estimate of drug-likeness (QED) is 0.474. The lowest BCUT2D eigenvalue weighted by Gasteiger charge is -2.18. The van der Waals surface area contributed by atoms with Gasteiger partial charge in [-0.15, -0.1) is 0 Å². The monoisotopic (exact) mass is 128 g/mol. The van der Waals surface area contributed by atoms with Crippen LogP contribution in [0.1, 0.15) is 32.6 Å². The molecule has 1 atom stereocenters. The molecule has 0 aromatic heterocycles. The molecular formula is C7H16Si.